The summed E-state index contributed by atoms with van der Waals surface area (Å²) in [5, 5.41) is 3.86. The van der Waals surface area contributed by atoms with E-state index in [1.54, 1.807) is 30.8 Å². The molecule has 1 aliphatic heterocycles. The molecule has 0 aromatic heterocycles. The normalized spacial score (nSPS) is 19.8. The van der Waals surface area contributed by atoms with Crippen LogP contribution in [0.5, 0.6) is 0 Å². The number of hydrogen-bond acceptors (Lipinski definition) is 3. The van der Waals surface area contributed by atoms with E-state index in [1.165, 1.54) is 18.9 Å². The fourth-order valence-electron chi connectivity index (χ4n) is 2.06. The first-order valence-corrected chi connectivity index (χ1v) is 7.33. The maximum Gasteiger partial charge on any atom is 0.172 e. The van der Waals surface area contributed by atoms with Crippen molar-refractivity contribution >= 4 is 17.5 Å². The van der Waals surface area contributed by atoms with Crippen molar-refractivity contribution < 1.29 is 9.18 Å². The highest BCUT2D eigenvalue weighted by Gasteiger charge is 2.16. The molecule has 1 atom stereocenters. The van der Waals surface area contributed by atoms with Gasteiger partial charge in [-0.1, -0.05) is 0 Å². The number of thioether (sulfide) groups is 1. The number of nitrogens with one attached hydrogen (secondary N) is 1. The van der Waals surface area contributed by atoms with Gasteiger partial charge in [0.2, 0.25) is 0 Å². The zero-order chi connectivity index (χ0) is 13.0. The van der Waals surface area contributed by atoms with Crippen LogP contribution in [0.15, 0.2) is 18.2 Å². The van der Waals surface area contributed by atoms with Gasteiger partial charge in [-0.3, -0.25) is 4.79 Å². The molecule has 1 saturated heterocycles. The number of hydrogen-bond donors (Lipinski definition) is 1. The maximum absolute atomic E-state index is 13.1. The van der Waals surface area contributed by atoms with Gasteiger partial charge in [0.1, 0.15) is 5.82 Å². The van der Waals surface area contributed by atoms with Crippen molar-refractivity contribution in [1.29, 1.82) is 0 Å². The summed E-state index contributed by atoms with van der Waals surface area (Å²) in [6.45, 7) is 3.76. The van der Waals surface area contributed by atoms with Crippen LogP contribution < -0.4 is 5.32 Å². The van der Waals surface area contributed by atoms with E-state index in [9.17, 15) is 9.18 Å². The quantitative estimate of drug-likeness (QED) is 0.851. The first-order valence-electron chi connectivity index (χ1n) is 6.28. The summed E-state index contributed by atoms with van der Waals surface area (Å²) in [6, 6.07) is 4.58. The predicted octanol–water partition coefficient (Wildman–Crippen LogP) is 2.80. The number of halogens is 1. The summed E-state index contributed by atoms with van der Waals surface area (Å²) in [5.41, 5.74) is 1.15. The topological polar surface area (TPSA) is 29.1 Å². The molecule has 1 heterocycles. The summed E-state index contributed by atoms with van der Waals surface area (Å²) in [7, 11) is 0. The molecule has 1 unspecified atom stereocenters. The first kappa shape index (κ1) is 13.6. The van der Waals surface area contributed by atoms with Crippen LogP contribution in [0.1, 0.15) is 28.8 Å². The molecule has 1 fully saturated rings. The molecule has 1 aromatic carbocycles. The third kappa shape index (κ3) is 3.56. The lowest BCUT2D eigenvalue weighted by Crippen LogP contribution is -2.32. The Hall–Kier alpha value is -0.870. The monoisotopic (exact) mass is 267 g/mol. The van der Waals surface area contributed by atoms with E-state index in [2.05, 4.69) is 5.32 Å². The van der Waals surface area contributed by atoms with Crippen molar-refractivity contribution in [3.63, 3.8) is 0 Å². The van der Waals surface area contributed by atoms with Gasteiger partial charge in [-0.15, -0.1) is 11.8 Å². The highest BCUT2D eigenvalue weighted by molar-refractivity contribution is 8.00. The molecule has 18 heavy (non-hydrogen) atoms. The maximum atomic E-state index is 13.1. The molecule has 2 rings (SSSR count). The molecule has 98 valence electrons. The van der Waals surface area contributed by atoms with Crippen LogP contribution in [-0.2, 0) is 0 Å². The van der Waals surface area contributed by atoms with Gasteiger partial charge in [0, 0.05) is 17.4 Å². The largest absolute Gasteiger partial charge is 0.316 e. The Morgan fingerprint density at radius 2 is 2.39 bits per heavy atom. The molecule has 1 N–H and O–H groups in total. The van der Waals surface area contributed by atoms with E-state index in [4.69, 9.17) is 0 Å². The van der Waals surface area contributed by atoms with Crippen LogP contribution in [0, 0.1) is 12.7 Å². The standard InChI is InChI=1S/C14H18FNOS/c1-10-7-11(4-5-13(10)15)14(17)9-18-12-3-2-6-16-8-12/h4-5,7,12,16H,2-3,6,8-9H2,1H3. The SMILES string of the molecule is Cc1cc(C(=O)CSC2CCCNC2)ccc1F. The molecule has 0 spiro atoms. The summed E-state index contributed by atoms with van der Waals surface area (Å²) in [6.07, 6.45) is 2.36. The Morgan fingerprint density at radius 1 is 1.56 bits per heavy atom. The van der Waals surface area contributed by atoms with Gasteiger partial charge in [0.05, 0.1) is 5.75 Å². The summed E-state index contributed by atoms with van der Waals surface area (Å²) >= 11 is 1.70. The Labute approximate surface area is 111 Å². The molecule has 1 aromatic rings. The molecule has 1 aliphatic rings. The highest BCUT2D eigenvalue weighted by Crippen LogP contribution is 2.20. The Morgan fingerprint density at radius 3 is 3.06 bits per heavy atom. The highest BCUT2D eigenvalue weighted by atomic mass is 32.2. The summed E-state index contributed by atoms with van der Waals surface area (Å²) in [4.78, 5) is 12.0. The average Bonchev–Trinajstić information content (AvgIpc) is 2.40. The van der Waals surface area contributed by atoms with Crippen LogP contribution in [0.2, 0.25) is 0 Å². The fraction of sp³-hybridized carbons (Fsp3) is 0.500. The Bertz CT molecular complexity index is 430. The smallest absolute Gasteiger partial charge is 0.172 e. The Balaban J connectivity index is 1.88. The van der Waals surface area contributed by atoms with Crippen molar-refractivity contribution in [2.75, 3.05) is 18.8 Å². The third-order valence-corrected chi connectivity index (χ3v) is 4.48. The third-order valence-electron chi connectivity index (χ3n) is 3.18. The van der Waals surface area contributed by atoms with Crippen LogP contribution in [-0.4, -0.2) is 29.9 Å². The van der Waals surface area contributed by atoms with Crippen molar-refractivity contribution in [1.82, 2.24) is 5.32 Å². The van der Waals surface area contributed by atoms with Gasteiger partial charge in [-0.25, -0.2) is 4.39 Å². The van der Waals surface area contributed by atoms with Crippen LogP contribution in [0.4, 0.5) is 4.39 Å². The number of ketones is 1. The van der Waals surface area contributed by atoms with E-state index in [1.807, 2.05) is 0 Å². The molecule has 0 bridgehead atoms. The van der Waals surface area contributed by atoms with E-state index >= 15 is 0 Å². The van der Waals surface area contributed by atoms with Crippen molar-refractivity contribution in [3.8, 4) is 0 Å². The van der Waals surface area contributed by atoms with E-state index in [0.29, 0.717) is 22.1 Å². The van der Waals surface area contributed by atoms with E-state index in [0.717, 1.165) is 13.1 Å². The zero-order valence-corrected chi connectivity index (χ0v) is 11.4. The number of Topliss-reactive ketones (excluding diaryl/α,β-unsaturated/α-hetero) is 1. The minimum atomic E-state index is -0.254. The van der Waals surface area contributed by atoms with Gasteiger partial charge in [-0.2, -0.15) is 0 Å². The molecular formula is C14H18FNOS. The number of rotatable bonds is 4. The van der Waals surface area contributed by atoms with Crippen LogP contribution in [0.3, 0.4) is 0 Å². The van der Waals surface area contributed by atoms with Crippen molar-refractivity contribution in [2.24, 2.45) is 0 Å². The lowest BCUT2D eigenvalue weighted by Gasteiger charge is -2.21. The van der Waals surface area contributed by atoms with Gasteiger partial charge >= 0.3 is 0 Å². The molecule has 0 aliphatic carbocycles. The molecule has 0 amide bonds. The van der Waals surface area contributed by atoms with Crippen molar-refractivity contribution in [2.45, 2.75) is 25.0 Å². The number of benzene rings is 1. The van der Waals surface area contributed by atoms with Gasteiger partial charge in [0.25, 0.3) is 0 Å². The lowest BCUT2D eigenvalue weighted by molar-refractivity contribution is 0.102. The molecule has 0 saturated carbocycles. The molecule has 0 radical (unpaired) electrons. The van der Waals surface area contributed by atoms with Gasteiger partial charge < -0.3 is 5.32 Å². The fourth-order valence-corrected chi connectivity index (χ4v) is 3.18. The van der Waals surface area contributed by atoms with Crippen LogP contribution >= 0.6 is 11.8 Å². The van der Waals surface area contributed by atoms with Gasteiger partial charge in [-0.05, 0) is 50.1 Å². The van der Waals surface area contributed by atoms with Crippen LogP contribution in [0.25, 0.3) is 0 Å². The lowest BCUT2D eigenvalue weighted by atomic mass is 10.1. The van der Waals surface area contributed by atoms with E-state index in [-0.39, 0.29) is 11.6 Å². The molecule has 2 nitrogen and oxygen atoms in total. The average molecular weight is 267 g/mol. The zero-order valence-electron chi connectivity index (χ0n) is 10.5. The second-order valence-electron chi connectivity index (χ2n) is 4.67. The molecular weight excluding hydrogens is 249 g/mol. The second kappa shape index (κ2) is 6.34. The number of aryl methyl sites for hydroxylation is 1. The van der Waals surface area contributed by atoms with Gasteiger partial charge in [0.15, 0.2) is 5.78 Å². The number of carbonyl (C=O) groups is 1. The minimum Gasteiger partial charge on any atom is -0.316 e. The minimum absolute atomic E-state index is 0.0914. The predicted molar refractivity (Wildman–Crippen MR) is 73.8 cm³/mol. The Kier molecular flexibility index (Phi) is 4.78. The number of piperidine rings is 1. The van der Waals surface area contributed by atoms with Crippen molar-refractivity contribution in [3.05, 3.63) is 35.1 Å². The first-order chi connectivity index (χ1) is 8.66. The number of carbonyl (C=O) groups excluding carboxylic acids is 1. The van der Waals surface area contributed by atoms with E-state index < -0.39 is 0 Å². The molecule has 4 heteroatoms. The summed E-state index contributed by atoms with van der Waals surface area (Å²) < 4.78 is 13.1. The second-order valence-corrected chi connectivity index (χ2v) is 5.96. The summed E-state index contributed by atoms with van der Waals surface area (Å²) in [5.74, 6) is 0.321.